The number of benzene rings is 1. The standard InChI is InChI=1S/C22H21N3O3S2/c1-14-18-11-19(30-21(18)25(24-14)13-16-7-4-3-5-8-16)22(27)28-15(2)20(26)23-12-17-9-6-10-29-17/h3-11,15H,12-13H2,1-2H3,(H,23,26). The molecule has 0 aliphatic rings. The highest BCUT2D eigenvalue weighted by molar-refractivity contribution is 7.20. The second-order valence-corrected chi connectivity index (χ2v) is 8.97. The van der Waals surface area contributed by atoms with Crippen LogP contribution in [-0.4, -0.2) is 27.8 Å². The van der Waals surface area contributed by atoms with Crippen LogP contribution in [0.5, 0.6) is 0 Å². The summed E-state index contributed by atoms with van der Waals surface area (Å²) in [6, 6.07) is 15.7. The van der Waals surface area contributed by atoms with E-state index in [9.17, 15) is 9.59 Å². The molecule has 1 N–H and O–H groups in total. The highest BCUT2D eigenvalue weighted by atomic mass is 32.1. The number of hydrogen-bond acceptors (Lipinski definition) is 6. The zero-order valence-electron chi connectivity index (χ0n) is 16.6. The van der Waals surface area contributed by atoms with E-state index in [1.165, 1.54) is 11.3 Å². The summed E-state index contributed by atoms with van der Waals surface area (Å²) < 4.78 is 7.30. The van der Waals surface area contributed by atoms with Gasteiger partial charge in [-0.25, -0.2) is 4.79 Å². The summed E-state index contributed by atoms with van der Waals surface area (Å²) in [7, 11) is 0. The molecule has 30 heavy (non-hydrogen) atoms. The van der Waals surface area contributed by atoms with Crippen LogP contribution in [0.25, 0.3) is 10.2 Å². The Morgan fingerprint density at radius 2 is 2.00 bits per heavy atom. The number of aryl methyl sites for hydroxylation is 1. The number of carbonyl (C=O) groups is 2. The van der Waals surface area contributed by atoms with E-state index in [0.717, 1.165) is 26.4 Å². The highest BCUT2D eigenvalue weighted by Crippen LogP contribution is 2.29. The van der Waals surface area contributed by atoms with E-state index in [4.69, 9.17) is 4.74 Å². The van der Waals surface area contributed by atoms with Crippen molar-refractivity contribution in [1.82, 2.24) is 15.1 Å². The molecular formula is C22H21N3O3S2. The number of carbonyl (C=O) groups excluding carboxylic acids is 2. The van der Waals surface area contributed by atoms with Gasteiger partial charge >= 0.3 is 5.97 Å². The maximum absolute atomic E-state index is 12.6. The molecule has 0 fully saturated rings. The van der Waals surface area contributed by atoms with Crippen molar-refractivity contribution in [3.05, 3.63) is 74.9 Å². The van der Waals surface area contributed by atoms with Crippen LogP contribution < -0.4 is 5.32 Å². The minimum absolute atomic E-state index is 0.315. The molecular weight excluding hydrogens is 418 g/mol. The Morgan fingerprint density at radius 3 is 2.73 bits per heavy atom. The van der Waals surface area contributed by atoms with Gasteiger partial charge in [-0.15, -0.1) is 22.7 Å². The maximum atomic E-state index is 12.6. The van der Waals surface area contributed by atoms with Crippen LogP contribution in [0.3, 0.4) is 0 Å². The first-order valence-corrected chi connectivity index (χ1v) is 11.2. The first-order valence-electron chi connectivity index (χ1n) is 9.53. The van der Waals surface area contributed by atoms with Gasteiger partial charge in [-0.3, -0.25) is 9.48 Å². The lowest BCUT2D eigenvalue weighted by molar-refractivity contribution is -0.129. The first kappa shape index (κ1) is 20.3. The number of amides is 1. The van der Waals surface area contributed by atoms with E-state index in [0.29, 0.717) is 18.0 Å². The zero-order valence-corrected chi connectivity index (χ0v) is 18.3. The summed E-state index contributed by atoms with van der Waals surface area (Å²) in [6.45, 7) is 4.56. The number of nitrogens with zero attached hydrogens (tertiary/aromatic N) is 2. The van der Waals surface area contributed by atoms with Crippen LogP contribution in [0.15, 0.2) is 53.9 Å². The number of rotatable bonds is 7. The highest BCUT2D eigenvalue weighted by Gasteiger charge is 2.22. The van der Waals surface area contributed by atoms with Gasteiger partial charge in [0, 0.05) is 10.3 Å². The summed E-state index contributed by atoms with van der Waals surface area (Å²) in [5, 5.41) is 10.3. The topological polar surface area (TPSA) is 73.2 Å². The molecule has 0 aliphatic carbocycles. The van der Waals surface area contributed by atoms with Crippen LogP contribution in [0.4, 0.5) is 0 Å². The van der Waals surface area contributed by atoms with Gasteiger partial charge in [0.1, 0.15) is 9.71 Å². The average molecular weight is 440 g/mol. The molecule has 3 heterocycles. The van der Waals surface area contributed by atoms with Gasteiger partial charge in [-0.05, 0) is 36.9 Å². The Bertz CT molecular complexity index is 1160. The number of fused-ring (bicyclic) bond motifs is 1. The summed E-state index contributed by atoms with van der Waals surface area (Å²) in [5.41, 5.74) is 1.99. The fourth-order valence-corrected chi connectivity index (χ4v) is 4.77. The zero-order chi connectivity index (χ0) is 21.1. The van der Waals surface area contributed by atoms with E-state index >= 15 is 0 Å². The minimum Gasteiger partial charge on any atom is -0.448 e. The predicted octanol–water partition coefficient (Wildman–Crippen LogP) is 4.38. The Kier molecular flexibility index (Phi) is 5.96. The van der Waals surface area contributed by atoms with Gasteiger partial charge in [-0.1, -0.05) is 36.4 Å². The Hall–Kier alpha value is -2.97. The normalized spacial score (nSPS) is 12.1. The molecule has 6 nitrogen and oxygen atoms in total. The molecule has 0 bridgehead atoms. The molecule has 4 aromatic rings. The summed E-state index contributed by atoms with van der Waals surface area (Å²) in [6.07, 6.45) is -0.871. The number of esters is 1. The predicted molar refractivity (Wildman–Crippen MR) is 119 cm³/mol. The first-order chi connectivity index (χ1) is 14.5. The monoisotopic (exact) mass is 439 g/mol. The summed E-state index contributed by atoms with van der Waals surface area (Å²) in [4.78, 5) is 27.3. The van der Waals surface area contributed by atoms with Crippen molar-refractivity contribution in [1.29, 1.82) is 0 Å². The molecule has 0 aliphatic heterocycles. The summed E-state index contributed by atoms with van der Waals surface area (Å²) >= 11 is 2.90. The second kappa shape index (κ2) is 8.81. The van der Waals surface area contributed by atoms with Crippen LogP contribution in [-0.2, 0) is 22.6 Å². The van der Waals surface area contributed by atoms with Gasteiger partial charge in [0.05, 0.1) is 18.8 Å². The van der Waals surface area contributed by atoms with Gasteiger partial charge in [0.15, 0.2) is 6.10 Å². The summed E-state index contributed by atoms with van der Waals surface area (Å²) in [5.74, 6) is -0.815. The SMILES string of the molecule is Cc1nn(Cc2ccccc2)c2sc(C(=O)OC(C)C(=O)NCc3cccs3)cc12. The molecule has 1 atom stereocenters. The third kappa shape index (κ3) is 4.44. The molecule has 154 valence electrons. The van der Waals surface area contributed by atoms with E-state index in [1.807, 2.05) is 59.5 Å². The van der Waals surface area contributed by atoms with E-state index in [2.05, 4.69) is 10.4 Å². The number of nitrogens with one attached hydrogen (secondary N) is 1. The van der Waals surface area contributed by atoms with Crippen molar-refractivity contribution in [3.8, 4) is 0 Å². The molecule has 0 saturated heterocycles. The minimum atomic E-state index is -0.871. The second-order valence-electron chi connectivity index (χ2n) is 6.90. The average Bonchev–Trinajstić information content (AvgIpc) is 3.46. The molecule has 0 radical (unpaired) electrons. The van der Waals surface area contributed by atoms with Gasteiger partial charge in [0.2, 0.25) is 0 Å². The van der Waals surface area contributed by atoms with Crippen LogP contribution in [0.1, 0.15) is 32.7 Å². The van der Waals surface area contributed by atoms with Crippen LogP contribution >= 0.6 is 22.7 Å². The van der Waals surface area contributed by atoms with Crippen LogP contribution in [0, 0.1) is 6.92 Å². The molecule has 1 amide bonds. The molecule has 8 heteroatoms. The number of thiophene rings is 2. The van der Waals surface area contributed by atoms with E-state index in [1.54, 1.807) is 24.3 Å². The smallest absolute Gasteiger partial charge is 0.349 e. The third-order valence-electron chi connectivity index (χ3n) is 4.65. The number of hydrogen-bond donors (Lipinski definition) is 1. The fourth-order valence-electron chi connectivity index (χ4n) is 3.08. The van der Waals surface area contributed by atoms with Gasteiger partial charge < -0.3 is 10.1 Å². The lowest BCUT2D eigenvalue weighted by atomic mass is 10.2. The van der Waals surface area contributed by atoms with Crippen molar-refractivity contribution in [3.63, 3.8) is 0 Å². The van der Waals surface area contributed by atoms with Crippen molar-refractivity contribution in [2.75, 3.05) is 0 Å². The third-order valence-corrected chi connectivity index (χ3v) is 6.66. The van der Waals surface area contributed by atoms with Crippen LogP contribution in [0.2, 0.25) is 0 Å². The quantitative estimate of drug-likeness (QED) is 0.434. The molecule has 0 saturated carbocycles. The van der Waals surface area contributed by atoms with Crippen molar-refractivity contribution in [2.45, 2.75) is 33.0 Å². The Morgan fingerprint density at radius 1 is 1.20 bits per heavy atom. The molecule has 3 aromatic heterocycles. The molecule has 0 spiro atoms. The molecule has 1 unspecified atom stereocenters. The van der Waals surface area contributed by atoms with Gasteiger partial charge in [-0.2, -0.15) is 5.10 Å². The van der Waals surface area contributed by atoms with Crippen molar-refractivity contribution >= 4 is 44.8 Å². The number of aromatic nitrogens is 2. The number of ether oxygens (including phenoxy) is 1. The van der Waals surface area contributed by atoms with Crippen molar-refractivity contribution < 1.29 is 14.3 Å². The van der Waals surface area contributed by atoms with E-state index < -0.39 is 12.1 Å². The molecule has 1 aromatic carbocycles. The van der Waals surface area contributed by atoms with Crippen molar-refractivity contribution in [2.24, 2.45) is 0 Å². The van der Waals surface area contributed by atoms with E-state index in [-0.39, 0.29) is 5.91 Å². The maximum Gasteiger partial charge on any atom is 0.349 e. The Labute approximate surface area is 182 Å². The molecule has 4 rings (SSSR count). The largest absolute Gasteiger partial charge is 0.448 e. The Balaban J connectivity index is 1.44. The lowest BCUT2D eigenvalue weighted by Crippen LogP contribution is -2.35. The van der Waals surface area contributed by atoms with Gasteiger partial charge in [0.25, 0.3) is 5.91 Å². The fraction of sp³-hybridized carbons (Fsp3) is 0.227. The lowest BCUT2D eigenvalue weighted by Gasteiger charge is -2.12.